The third kappa shape index (κ3) is 6.76. The van der Waals surface area contributed by atoms with Gasteiger partial charge in [-0.25, -0.2) is 0 Å². The van der Waals surface area contributed by atoms with E-state index in [2.05, 4.69) is 13.0 Å². The van der Waals surface area contributed by atoms with Crippen molar-refractivity contribution in [1.29, 1.82) is 0 Å². The lowest BCUT2D eigenvalue weighted by atomic mass is 10.1. The van der Waals surface area contributed by atoms with Gasteiger partial charge in [-0.15, -0.1) is 23.7 Å². The lowest BCUT2D eigenvalue weighted by Crippen LogP contribution is -2.28. The standard InChI is InChI=1S/C27H29ClN2O5S.ClH/c1-3-4-5-21(35-25(31)14-29)16-34-22-11-10-20(13-23(22)33-2)30-15-18-12-24(36-26(18)27(30)32)17-6-8-19(28)9-7-17;/h6-13,21H,3-5,14-16,29H2,1-2H3;1H/t21-;/m0./s1. The molecule has 7 nitrogen and oxygen atoms in total. The summed E-state index contributed by atoms with van der Waals surface area (Å²) in [6.45, 7) is 2.57. The zero-order valence-corrected chi connectivity index (χ0v) is 23.1. The summed E-state index contributed by atoms with van der Waals surface area (Å²) >= 11 is 7.48. The van der Waals surface area contributed by atoms with Gasteiger partial charge in [-0.05, 0) is 54.3 Å². The van der Waals surface area contributed by atoms with E-state index >= 15 is 0 Å². The Bertz CT molecular complexity index is 1230. The van der Waals surface area contributed by atoms with Crippen molar-refractivity contribution in [3.63, 3.8) is 0 Å². The van der Waals surface area contributed by atoms with Crippen molar-refractivity contribution in [1.82, 2.24) is 0 Å². The van der Waals surface area contributed by atoms with Gasteiger partial charge in [-0.1, -0.05) is 37.1 Å². The predicted molar refractivity (Wildman–Crippen MR) is 149 cm³/mol. The maximum atomic E-state index is 13.2. The molecule has 0 saturated heterocycles. The van der Waals surface area contributed by atoms with Crippen molar-refractivity contribution in [2.45, 2.75) is 38.8 Å². The van der Waals surface area contributed by atoms with E-state index in [0.29, 0.717) is 29.5 Å². The molecule has 1 aromatic heterocycles. The van der Waals surface area contributed by atoms with Crippen LogP contribution in [-0.2, 0) is 16.1 Å². The molecule has 0 radical (unpaired) electrons. The molecule has 4 rings (SSSR count). The number of hydrogen-bond acceptors (Lipinski definition) is 7. The maximum Gasteiger partial charge on any atom is 0.320 e. The summed E-state index contributed by atoms with van der Waals surface area (Å²) in [5.74, 6) is 0.510. The lowest BCUT2D eigenvalue weighted by Gasteiger charge is -2.21. The quantitative estimate of drug-likeness (QED) is 0.283. The molecule has 0 bridgehead atoms. The Balaban J connectivity index is 0.00000380. The van der Waals surface area contributed by atoms with E-state index in [0.717, 1.165) is 39.4 Å². The van der Waals surface area contributed by atoms with Gasteiger partial charge < -0.3 is 24.8 Å². The van der Waals surface area contributed by atoms with E-state index in [1.807, 2.05) is 30.3 Å². The van der Waals surface area contributed by atoms with Crippen molar-refractivity contribution in [3.05, 3.63) is 64.0 Å². The Labute approximate surface area is 231 Å². The summed E-state index contributed by atoms with van der Waals surface area (Å²) in [4.78, 5) is 28.4. The normalized spacial score (nSPS) is 13.1. The fourth-order valence-corrected chi connectivity index (χ4v) is 5.28. The highest BCUT2D eigenvalue weighted by Gasteiger charge is 2.32. The van der Waals surface area contributed by atoms with Crippen LogP contribution in [0.4, 0.5) is 5.69 Å². The van der Waals surface area contributed by atoms with Crippen LogP contribution in [0.1, 0.15) is 41.4 Å². The summed E-state index contributed by atoms with van der Waals surface area (Å²) in [5.41, 5.74) is 8.14. The van der Waals surface area contributed by atoms with Crippen LogP contribution >= 0.6 is 35.3 Å². The Hall–Kier alpha value is -2.78. The van der Waals surface area contributed by atoms with E-state index in [1.54, 1.807) is 24.1 Å². The molecule has 0 unspecified atom stereocenters. The monoisotopic (exact) mass is 564 g/mol. The number of nitrogens with two attached hydrogens (primary N) is 1. The molecule has 2 heterocycles. The first-order valence-electron chi connectivity index (χ1n) is 11.8. The van der Waals surface area contributed by atoms with Gasteiger partial charge in [0.25, 0.3) is 5.91 Å². The molecule has 1 aliphatic heterocycles. The number of rotatable bonds is 11. The third-order valence-electron chi connectivity index (χ3n) is 5.93. The highest BCUT2D eigenvalue weighted by molar-refractivity contribution is 7.17. The molecule has 3 aromatic rings. The molecule has 37 heavy (non-hydrogen) atoms. The van der Waals surface area contributed by atoms with Crippen LogP contribution in [0.2, 0.25) is 5.02 Å². The third-order valence-corrected chi connectivity index (χ3v) is 7.40. The zero-order valence-electron chi connectivity index (χ0n) is 20.7. The van der Waals surface area contributed by atoms with Gasteiger partial charge in [0.05, 0.1) is 25.1 Å². The van der Waals surface area contributed by atoms with Crippen molar-refractivity contribution in [3.8, 4) is 21.9 Å². The van der Waals surface area contributed by atoms with Crippen LogP contribution in [0.25, 0.3) is 10.4 Å². The van der Waals surface area contributed by atoms with Gasteiger partial charge in [0.15, 0.2) is 11.5 Å². The number of carbonyl (C=O) groups excluding carboxylic acids is 2. The summed E-state index contributed by atoms with van der Waals surface area (Å²) in [7, 11) is 1.55. The van der Waals surface area contributed by atoms with E-state index < -0.39 is 12.1 Å². The summed E-state index contributed by atoms with van der Waals surface area (Å²) in [5, 5.41) is 0.680. The molecule has 1 aliphatic rings. The number of halogens is 2. The van der Waals surface area contributed by atoms with Crippen molar-refractivity contribution in [2.75, 3.05) is 25.2 Å². The molecule has 0 fully saturated rings. The predicted octanol–water partition coefficient (Wildman–Crippen LogP) is 6.10. The fourth-order valence-electron chi connectivity index (χ4n) is 4.03. The number of methoxy groups -OCH3 is 1. The number of nitrogens with zero attached hydrogens (tertiary/aromatic N) is 1. The number of hydrogen-bond donors (Lipinski definition) is 1. The number of anilines is 1. The van der Waals surface area contributed by atoms with Crippen LogP contribution < -0.4 is 20.1 Å². The van der Waals surface area contributed by atoms with Gasteiger partial charge in [-0.2, -0.15) is 0 Å². The minimum atomic E-state index is -0.457. The molecule has 10 heteroatoms. The molecule has 0 aliphatic carbocycles. The minimum Gasteiger partial charge on any atom is -0.493 e. The smallest absolute Gasteiger partial charge is 0.320 e. The molecule has 2 aromatic carbocycles. The number of carbonyl (C=O) groups is 2. The maximum absolute atomic E-state index is 13.2. The number of esters is 1. The molecule has 1 amide bonds. The topological polar surface area (TPSA) is 91.1 Å². The largest absolute Gasteiger partial charge is 0.493 e. The average molecular weight is 566 g/mol. The van der Waals surface area contributed by atoms with Crippen molar-refractivity contribution >= 4 is 52.9 Å². The fraction of sp³-hybridized carbons (Fsp3) is 0.333. The molecule has 2 N–H and O–H groups in total. The molecular formula is C27H30Cl2N2O5S. The van der Waals surface area contributed by atoms with Crippen LogP contribution in [0, 0.1) is 0 Å². The lowest BCUT2D eigenvalue weighted by molar-refractivity contribution is -0.149. The first kappa shape index (κ1) is 28.8. The highest BCUT2D eigenvalue weighted by Crippen LogP contribution is 2.40. The van der Waals surface area contributed by atoms with Crippen molar-refractivity contribution in [2.24, 2.45) is 5.73 Å². The van der Waals surface area contributed by atoms with Gasteiger partial charge >= 0.3 is 5.97 Å². The number of thiophene rings is 1. The van der Waals surface area contributed by atoms with Gasteiger partial charge in [0, 0.05) is 21.7 Å². The molecule has 0 saturated carbocycles. The van der Waals surface area contributed by atoms with Crippen LogP contribution in [-0.4, -0.2) is 38.2 Å². The second kappa shape index (κ2) is 13.1. The molecule has 0 spiro atoms. The van der Waals surface area contributed by atoms with Crippen molar-refractivity contribution < 1.29 is 23.8 Å². The Morgan fingerprint density at radius 3 is 2.57 bits per heavy atom. The second-order valence-electron chi connectivity index (χ2n) is 8.47. The van der Waals surface area contributed by atoms with E-state index in [4.69, 9.17) is 31.5 Å². The molecule has 198 valence electrons. The van der Waals surface area contributed by atoms with Gasteiger partial charge in [0.2, 0.25) is 0 Å². The number of unbranched alkanes of at least 4 members (excludes halogenated alkanes) is 1. The Morgan fingerprint density at radius 1 is 1.16 bits per heavy atom. The number of amides is 1. The molecule has 1 atom stereocenters. The average Bonchev–Trinajstić information content (AvgIpc) is 3.45. The number of ether oxygens (including phenoxy) is 3. The van der Waals surface area contributed by atoms with E-state index in [1.165, 1.54) is 11.3 Å². The molecular weight excluding hydrogens is 535 g/mol. The zero-order chi connectivity index (χ0) is 25.7. The van der Waals surface area contributed by atoms with Gasteiger partial charge in [0.1, 0.15) is 12.7 Å². The summed E-state index contributed by atoms with van der Waals surface area (Å²) in [6, 6.07) is 15.1. The first-order valence-corrected chi connectivity index (χ1v) is 13.0. The first-order chi connectivity index (χ1) is 17.4. The Kier molecular flexibility index (Phi) is 10.2. The highest BCUT2D eigenvalue weighted by atomic mass is 35.5. The van der Waals surface area contributed by atoms with Crippen LogP contribution in [0.3, 0.4) is 0 Å². The van der Waals surface area contributed by atoms with Crippen LogP contribution in [0.5, 0.6) is 11.5 Å². The number of benzene rings is 2. The minimum absolute atomic E-state index is 0. The van der Waals surface area contributed by atoms with Crippen LogP contribution in [0.15, 0.2) is 48.5 Å². The number of fused-ring (bicyclic) bond motifs is 1. The summed E-state index contributed by atoms with van der Waals surface area (Å²) < 4.78 is 16.9. The van der Waals surface area contributed by atoms with E-state index in [9.17, 15) is 9.59 Å². The summed E-state index contributed by atoms with van der Waals surface area (Å²) in [6.07, 6.45) is 2.18. The SMILES string of the molecule is CCCC[C@@H](COc1ccc(N2Cc3cc(-c4ccc(Cl)cc4)sc3C2=O)cc1OC)OC(=O)CN.Cl. The van der Waals surface area contributed by atoms with Gasteiger partial charge in [-0.3, -0.25) is 9.59 Å². The van der Waals surface area contributed by atoms with E-state index in [-0.39, 0.29) is 31.5 Å². The second-order valence-corrected chi connectivity index (χ2v) is 9.96. The Morgan fingerprint density at radius 2 is 1.92 bits per heavy atom.